The molecule has 31 heavy (non-hydrogen) atoms. The lowest BCUT2D eigenvalue weighted by Gasteiger charge is -2.12. The second-order valence-electron chi connectivity index (χ2n) is 7.00. The van der Waals surface area contributed by atoms with Gasteiger partial charge >= 0.3 is 0 Å². The van der Waals surface area contributed by atoms with Crippen LogP contribution in [-0.4, -0.2) is 25.0 Å². The van der Waals surface area contributed by atoms with Crippen LogP contribution in [0.25, 0.3) is 6.08 Å². The van der Waals surface area contributed by atoms with Gasteiger partial charge in [-0.05, 0) is 60.7 Å². The molecule has 2 aromatic carbocycles. The maximum Gasteiger partial charge on any atom is 0.267 e. The average molecular weight is 435 g/mol. The SMILES string of the molecule is CCc1ccc(OCCNC(=O)/C(=C/c2cccs2)NC(=O)c2cccc(C)c2)cc1. The van der Waals surface area contributed by atoms with Crippen molar-refractivity contribution in [3.8, 4) is 5.75 Å². The number of carbonyl (C=O) groups excluding carboxylic acids is 2. The van der Waals surface area contributed by atoms with E-state index in [1.54, 1.807) is 18.2 Å². The van der Waals surface area contributed by atoms with Gasteiger partial charge in [0.05, 0.1) is 6.54 Å². The molecule has 0 unspecified atom stereocenters. The number of hydrogen-bond donors (Lipinski definition) is 2. The predicted octanol–water partition coefficient (Wildman–Crippen LogP) is 4.59. The fourth-order valence-electron chi connectivity index (χ4n) is 2.90. The second-order valence-corrected chi connectivity index (χ2v) is 7.98. The van der Waals surface area contributed by atoms with Crippen molar-refractivity contribution < 1.29 is 14.3 Å². The minimum Gasteiger partial charge on any atom is -0.492 e. The summed E-state index contributed by atoms with van der Waals surface area (Å²) in [6.07, 6.45) is 2.65. The monoisotopic (exact) mass is 434 g/mol. The molecule has 6 heteroatoms. The Labute approximate surface area is 186 Å². The van der Waals surface area contributed by atoms with Gasteiger partial charge in [-0.3, -0.25) is 9.59 Å². The standard InChI is InChI=1S/C25H26N2O3S/c1-3-19-9-11-21(12-10-19)30-14-13-26-25(29)23(17-22-8-5-15-31-22)27-24(28)20-7-4-6-18(2)16-20/h4-12,15-17H,3,13-14H2,1-2H3,(H,26,29)(H,27,28)/b23-17-. The van der Waals surface area contributed by atoms with Crippen LogP contribution < -0.4 is 15.4 Å². The van der Waals surface area contributed by atoms with Crippen molar-refractivity contribution in [2.75, 3.05) is 13.2 Å². The van der Waals surface area contributed by atoms with Gasteiger partial charge in [0.15, 0.2) is 0 Å². The van der Waals surface area contributed by atoms with Crippen LogP contribution in [-0.2, 0) is 11.2 Å². The van der Waals surface area contributed by atoms with Crippen LogP contribution in [0.15, 0.2) is 71.7 Å². The summed E-state index contributed by atoms with van der Waals surface area (Å²) in [6.45, 7) is 4.66. The van der Waals surface area contributed by atoms with Gasteiger partial charge in [0, 0.05) is 10.4 Å². The Morgan fingerprint density at radius 1 is 1.06 bits per heavy atom. The zero-order chi connectivity index (χ0) is 22.1. The highest BCUT2D eigenvalue weighted by atomic mass is 32.1. The Bertz CT molecular complexity index is 1040. The highest BCUT2D eigenvalue weighted by molar-refractivity contribution is 7.10. The zero-order valence-corrected chi connectivity index (χ0v) is 18.5. The average Bonchev–Trinajstić information content (AvgIpc) is 3.29. The van der Waals surface area contributed by atoms with Gasteiger partial charge in [-0.2, -0.15) is 0 Å². The normalized spacial score (nSPS) is 11.1. The number of thiophene rings is 1. The first-order valence-electron chi connectivity index (χ1n) is 10.2. The molecule has 0 saturated carbocycles. The largest absolute Gasteiger partial charge is 0.492 e. The van der Waals surface area contributed by atoms with E-state index in [0.717, 1.165) is 22.6 Å². The predicted molar refractivity (Wildman–Crippen MR) is 125 cm³/mol. The molecule has 3 rings (SSSR count). The summed E-state index contributed by atoms with van der Waals surface area (Å²) in [5.41, 5.74) is 2.92. The Morgan fingerprint density at radius 3 is 2.55 bits per heavy atom. The summed E-state index contributed by atoms with van der Waals surface area (Å²) in [7, 11) is 0. The molecular weight excluding hydrogens is 408 g/mol. The number of hydrogen-bond acceptors (Lipinski definition) is 4. The summed E-state index contributed by atoms with van der Waals surface area (Å²) in [5.74, 6) is 0.0711. The van der Waals surface area contributed by atoms with Crippen molar-refractivity contribution in [2.24, 2.45) is 0 Å². The number of amides is 2. The lowest BCUT2D eigenvalue weighted by molar-refractivity contribution is -0.117. The van der Waals surface area contributed by atoms with Crippen LogP contribution in [0, 0.1) is 6.92 Å². The molecule has 2 N–H and O–H groups in total. The third-order valence-electron chi connectivity index (χ3n) is 4.59. The summed E-state index contributed by atoms with van der Waals surface area (Å²) in [5, 5.41) is 7.48. The fraction of sp³-hybridized carbons (Fsp3) is 0.200. The van der Waals surface area contributed by atoms with E-state index in [-0.39, 0.29) is 17.5 Å². The van der Waals surface area contributed by atoms with Crippen molar-refractivity contribution >= 4 is 29.2 Å². The van der Waals surface area contributed by atoms with Gasteiger partial charge in [0.2, 0.25) is 0 Å². The van der Waals surface area contributed by atoms with Crippen LogP contribution >= 0.6 is 11.3 Å². The smallest absolute Gasteiger partial charge is 0.267 e. The van der Waals surface area contributed by atoms with Crippen molar-refractivity contribution in [1.29, 1.82) is 0 Å². The van der Waals surface area contributed by atoms with Crippen molar-refractivity contribution in [2.45, 2.75) is 20.3 Å². The van der Waals surface area contributed by atoms with Gasteiger partial charge in [0.25, 0.3) is 11.8 Å². The summed E-state index contributed by atoms with van der Waals surface area (Å²) in [6, 6.07) is 18.9. The van der Waals surface area contributed by atoms with Gasteiger partial charge in [-0.25, -0.2) is 0 Å². The van der Waals surface area contributed by atoms with Crippen LogP contribution in [0.2, 0.25) is 0 Å². The molecule has 0 atom stereocenters. The molecule has 0 spiro atoms. The Balaban J connectivity index is 1.60. The van der Waals surface area contributed by atoms with Crippen LogP contribution in [0.4, 0.5) is 0 Å². The summed E-state index contributed by atoms with van der Waals surface area (Å²) >= 11 is 1.49. The van der Waals surface area contributed by atoms with Gasteiger partial charge in [0.1, 0.15) is 18.1 Å². The van der Waals surface area contributed by atoms with Gasteiger partial charge < -0.3 is 15.4 Å². The molecule has 0 aliphatic heterocycles. The number of nitrogens with one attached hydrogen (secondary N) is 2. The number of rotatable bonds is 9. The molecule has 1 aromatic heterocycles. The van der Waals surface area contributed by atoms with E-state index < -0.39 is 0 Å². The molecule has 0 bridgehead atoms. The highest BCUT2D eigenvalue weighted by Gasteiger charge is 2.15. The Kier molecular flexibility index (Phi) is 8.01. The van der Waals surface area contributed by atoms with E-state index in [1.165, 1.54) is 16.9 Å². The molecule has 0 fully saturated rings. The molecule has 5 nitrogen and oxygen atoms in total. The number of ether oxygens (including phenoxy) is 1. The van der Waals surface area contributed by atoms with Crippen LogP contribution in [0.3, 0.4) is 0 Å². The van der Waals surface area contributed by atoms with E-state index in [4.69, 9.17) is 4.74 Å². The maximum absolute atomic E-state index is 12.8. The lowest BCUT2D eigenvalue weighted by Crippen LogP contribution is -2.36. The second kappa shape index (κ2) is 11.1. The molecule has 0 aliphatic rings. The topological polar surface area (TPSA) is 67.4 Å². The quantitative estimate of drug-likeness (QED) is 0.382. The molecule has 160 valence electrons. The van der Waals surface area contributed by atoms with E-state index in [2.05, 4.69) is 17.6 Å². The Morgan fingerprint density at radius 2 is 1.87 bits per heavy atom. The first-order chi connectivity index (χ1) is 15.0. The Hall–Kier alpha value is -3.38. The molecule has 0 saturated heterocycles. The fourth-order valence-corrected chi connectivity index (χ4v) is 3.56. The zero-order valence-electron chi connectivity index (χ0n) is 17.7. The molecule has 3 aromatic rings. The third-order valence-corrected chi connectivity index (χ3v) is 5.41. The minimum absolute atomic E-state index is 0.196. The van der Waals surface area contributed by atoms with E-state index >= 15 is 0 Å². The number of carbonyl (C=O) groups is 2. The molecule has 0 radical (unpaired) electrons. The minimum atomic E-state index is -0.362. The van der Waals surface area contributed by atoms with Crippen molar-refractivity contribution in [3.63, 3.8) is 0 Å². The van der Waals surface area contributed by atoms with Crippen molar-refractivity contribution in [1.82, 2.24) is 10.6 Å². The first kappa shape index (κ1) is 22.3. The van der Waals surface area contributed by atoms with E-state index in [9.17, 15) is 9.59 Å². The number of benzene rings is 2. The van der Waals surface area contributed by atoms with Crippen LogP contribution in [0.1, 0.15) is 33.3 Å². The molecular formula is C25H26N2O3S. The third kappa shape index (κ3) is 6.83. The highest BCUT2D eigenvalue weighted by Crippen LogP contribution is 2.14. The van der Waals surface area contributed by atoms with E-state index in [0.29, 0.717) is 18.7 Å². The van der Waals surface area contributed by atoms with Crippen molar-refractivity contribution in [3.05, 3.63) is 93.3 Å². The van der Waals surface area contributed by atoms with Crippen LogP contribution in [0.5, 0.6) is 5.75 Å². The number of aryl methyl sites for hydroxylation is 2. The molecule has 2 amide bonds. The lowest BCUT2D eigenvalue weighted by atomic mass is 10.1. The molecule has 1 heterocycles. The summed E-state index contributed by atoms with van der Waals surface area (Å²) < 4.78 is 5.69. The van der Waals surface area contributed by atoms with Gasteiger partial charge in [-0.15, -0.1) is 11.3 Å². The summed E-state index contributed by atoms with van der Waals surface area (Å²) in [4.78, 5) is 26.3. The first-order valence-corrected chi connectivity index (χ1v) is 11.1. The molecule has 0 aliphatic carbocycles. The van der Waals surface area contributed by atoms with E-state index in [1.807, 2.05) is 60.8 Å². The van der Waals surface area contributed by atoms with Gasteiger partial charge in [-0.1, -0.05) is 42.8 Å². The maximum atomic E-state index is 12.8.